The number of para-hydroxylation sites is 1. The topological polar surface area (TPSA) is 85.3 Å². The molecule has 5 aromatic rings. The van der Waals surface area contributed by atoms with Gasteiger partial charge >= 0.3 is 0 Å². The van der Waals surface area contributed by atoms with Gasteiger partial charge in [-0.2, -0.15) is 0 Å². The van der Waals surface area contributed by atoms with Crippen molar-refractivity contribution >= 4 is 38.6 Å². The Balaban J connectivity index is 1.55. The number of furan rings is 1. The van der Waals surface area contributed by atoms with Crippen LogP contribution in [0.3, 0.4) is 0 Å². The summed E-state index contributed by atoms with van der Waals surface area (Å²) >= 11 is 1.59. The summed E-state index contributed by atoms with van der Waals surface area (Å²) in [5.74, 6) is 1.38. The van der Waals surface area contributed by atoms with E-state index in [0.717, 1.165) is 32.3 Å². The van der Waals surface area contributed by atoms with Crippen molar-refractivity contribution in [2.24, 2.45) is 0 Å². The standard InChI is InChI=1S/C23H20N4O3S/c1-12-9-15(14(3)29-12)18-10-16(21-13(2)26-30-22(21)25-18)23(28)27(4)11-20-24-17-7-5-6-8-19(17)31-20/h5-10H,11H2,1-4H3. The summed E-state index contributed by atoms with van der Waals surface area (Å²) in [5, 5.41) is 5.54. The van der Waals surface area contributed by atoms with Gasteiger partial charge in [0.25, 0.3) is 11.6 Å². The quantitative estimate of drug-likeness (QED) is 0.384. The molecule has 0 saturated heterocycles. The highest BCUT2D eigenvalue weighted by atomic mass is 32.1. The fourth-order valence-corrected chi connectivity index (χ4v) is 4.78. The molecule has 1 amide bonds. The van der Waals surface area contributed by atoms with Crippen molar-refractivity contribution in [2.45, 2.75) is 27.3 Å². The van der Waals surface area contributed by atoms with Crippen LogP contribution in [0.5, 0.6) is 0 Å². The van der Waals surface area contributed by atoms with Crippen LogP contribution < -0.4 is 0 Å². The van der Waals surface area contributed by atoms with Gasteiger partial charge in [-0.3, -0.25) is 4.79 Å². The number of amides is 1. The Kier molecular flexibility index (Phi) is 4.59. The average molecular weight is 433 g/mol. The van der Waals surface area contributed by atoms with Gasteiger partial charge in [-0.15, -0.1) is 11.3 Å². The molecule has 0 aliphatic heterocycles. The highest BCUT2D eigenvalue weighted by Gasteiger charge is 2.23. The van der Waals surface area contributed by atoms with Crippen LogP contribution >= 0.6 is 11.3 Å². The maximum absolute atomic E-state index is 13.5. The highest BCUT2D eigenvalue weighted by Crippen LogP contribution is 2.31. The SMILES string of the molecule is Cc1cc(-c2cc(C(=O)N(C)Cc3nc4ccccc4s3)c3c(C)noc3n2)c(C)o1. The van der Waals surface area contributed by atoms with Crippen LogP contribution in [-0.4, -0.2) is 33.0 Å². The average Bonchev–Trinajstić information content (AvgIpc) is 3.42. The maximum Gasteiger partial charge on any atom is 0.259 e. The van der Waals surface area contributed by atoms with Crippen LogP contribution in [-0.2, 0) is 6.54 Å². The third kappa shape index (κ3) is 3.38. The normalized spacial score (nSPS) is 11.5. The summed E-state index contributed by atoms with van der Waals surface area (Å²) < 4.78 is 12.2. The molecule has 8 heteroatoms. The summed E-state index contributed by atoms with van der Waals surface area (Å²) in [5.41, 5.74) is 3.86. The van der Waals surface area contributed by atoms with Gasteiger partial charge in [-0.05, 0) is 45.0 Å². The van der Waals surface area contributed by atoms with Crippen LogP contribution in [0.15, 0.2) is 45.3 Å². The minimum atomic E-state index is -0.142. The number of rotatable bonds is 4. The predicted molar refractivity (Wildman–Crippen MR) is 119 cm³/mol. The lowest BCUT2D eigenvalue weighted by molar-refractivity contribution is 0.0787. The smallest absolute Gasteiger partial charge is 0.259 e. The van der Waals surface area contributed by atoms with E-state index in [4.69, 9.17) is 8.94 Å². The second kappa shape index (κ2) is 7.31. The summed E-state index contributed by atoms with van der Waals surface area (Å²) in [7, 11) is 1.77. The van der Waals surface area contributed by atoms with Crippen molar-refractivity contribution in [3.8, 4) is 11.3 Å². The van der Waals surface area contributed by atoms with Crippen molar-refractivity contribution in [1.29, 1.82) is 0 Å². The lowest BCUT2D eigenvalue weighted by Gasteiger charge is -2.16. The van der Waals surface area contributed by atoms with E-state index in [2.05, 4.69) is 15.1 Å². The molecule has 156 valence electrons. The van der Waals surface area contributed by atoms with Gasteiger partial charge in [0.15, 0.2) is 0 Å². The first-order valence-electron chi connectivity index (χ1n) is 9.85. The first-order valence-corrected chi connectivity index (χ1v) is 10.7. The molecule has 0 aliphatic rings. The summed E-state index contributed by atoms with van der Waals surface area (Å²) in [6.07, 6.45) is 0. The largest absolute Gasteiger partial charge is 0.466 e. The molecule has 31 heavy (non-hydrogen) atoms. The second-order valence-corrected chi connectivity index (χ2v) is 8.68. The molecule has 4 heterocycles. The van der Waals surface area contributed by atoms with E-state index in [1.54, 1.807) is 29.4 Å². The van der Waals surface area contributed by atoms with Crippen molar-refractivity contribution in [3.05, 3.63) is 64.2 Å². The second-order valence-electron chi connectivity index (χ2n) is 7.57. The fourth-order valence-electron chi connectivity index (χ4n) is 3.75. The molecule has 0 saturated carbocycles. The molecule has 0 N–H and O–H groups in total. The first kappa shape index (κ1) is 19.4. The van der Waals surface area contributed by atoms with Gasteiger partial charge in [0.1, 0.15) is 16.5 Å². The van der Waals surface area contributed by atoms with Gasteiger partial charge in [-0.1, -0.05) is 17.3 Å². The summed E-state index contributed by atoms with van der Waals surface area (Å²) in [6, 6.07) is 11.7. The lowest BCUT2D eigenvalue weighted by Crippen LogP contribution is -2.26. The Morgan fingerprint density at radius 1 is 1.13 bits per heavy atom. The zero-order valence-electron chi connectivity index (χ0n) is 17.6. The van der Waals surface area contributed by atoms with Crippen LogP contribution in [0.25, 0.3) is 32.6 Å². The van der Waals surface area contributed by atoms with Gasteiger partial charge in [0.2, 0.25) is 0 Å². The monoisotopic (exact) mass is 432 g/mol. The number of hydrogen-bond acceptors (Lipinski definition) is 7. The lowest BCUT2D eigenvalue weighted by atomic mass is 10.0. The van der Waals surface area contributed by atoms with Gasteiger partial charge < -0.3 is 13.8 Å². The predicted octanol–water partition coefficient (Wildman–Crippen LogP) is 5.29. The summed E-state index contributed by atoms with van der Waals surface area (Å²) in [6.45, 7) is 5.97. The Hall–Kier alpha value is -3.52. The molecule has 0 fully saturated rings. The number of carbonyl (C=O) groups excluding carboxylic acids is 1. The Labute approximate surface area is 182 Å². The number of aromatic nitrogens is 3. The third-order valence-electron chi connectivity index (χ3n) is 5.22. The molecular formula is C23H20N4O3S. The number of nitrogens with zero attached hydrogens (tertiary/aromatic N) is 4. The maximum atomic E-state index is 13.5. The van der Waals surface area contributed by atoms with Crippen molar-refractivity contribution in [2.75, 3.05) is 7.05 Å². The number of fused-ring (bicyclic) bond motifs is 2. The molecule has 0 radical (unpaired) electrons. The molecule has 4 aromatic heterocycles. The van der Waals surface area contributed by atoms with Gasteiger partial charge in [-0.25, -0.2) is 9.97 Å². The fraction of sp³-hybridized carbons (Fsp3) is 0.217. The molecule has 0 unspecified atom stereocenters. The van der Waals surface area contributed by atoms with Crippen molar-refractivity contribution in [3.63, 3.8) is 0 Å². The molecular weight excluding hydrogens is 412 g/mol. The minimum absolute atomic E-state index is 0.142. The number of carbonyl (C=O) groups is 1. The van der Waals surface area contributed by atoms with Crippen molar-refractivity contribution in [1.82, 2.24) is 20.0 Å². The number of benzene rings is 1. The molecule has 0 aliphatic carbocycles. The van der Waals surface area contributed by atoms with Crippen molar-refractivity contribution < 1.29 is 13.7 Å². The summed E-state index contributed by atoms with van der Waals surface area (Å²) in [4.78, 5) is 24.4. The third-order valence-corrected chi connectivity index (χ3v) is 6.24. The molecule has 7 nitrogen and oxygen atoms in total. The van der Waals surface area contributed by atoms with E-state index in [0.29, 0.717) is 34.6 Å². The van der Waals surface area contributed by atoms with E-state index in [1.807, 2.05) is 51.1 Å². The zero-order valence-corrected chi connectivity index (χ0v) is 18.4. The van der Waals surface area contributed by atoms with E-state index < -0.39 is 0 Å². The molecule has 0 atom stereocenters. The molecule has 1 aromatic carbocycles. The van der Waals surface area contributed by atoms with Crippen LogP contribution in [0.1, 0.15) is 32.6 Å². The number of hydrogen-bond donors (Lipinski definition) is 0. The Morgan fingerprint density at radius 2 is 1.94 bits per heavy atom. The van der Waals surface area contributed by atoms with Gasteiger partial charge in [0, 0.05) is 12.6 Å². The van der Waals surface area contributed by atoms with Crippen LogP contribution in [0, 0.1) is 20.8 Å². The molecule has 0 spiro atoms. The molecule has 5 rings (SSSR count). The molecule has 0 bridgehead atoms. The van der Waals surface area contributed by atoms with E-state index in [9.17, 15) is 4.79 Å². The number of thiazole rings is 1. The van der Waals surface area contributed by atoms with Crippen LogP contribution in [0.4, 0.5) is 0 Å². The number of aryl methyl sites for hydroxylation is 3. The highest BCUT2D eigenvalue weighted by molar-refractivity contribution is 7.18. The van der Waals surface area contributed by atoms with E-state index >= 15 is 0 Å². The Bertz CT molecular complexity index is 1410. The minimum Gasteiger partial charge on any atom is -0.466 e. The van der Waals surface area contributed by atoms with E-state index in [-0.39, 0.29) is 5.91 Å². The first-order chi connectivity index (χ1) is 14.9. The zero-order chi connectivity index (χ0) is 21.7. The number of pyridine rings is 1. The van der Waals surface area contributed by atoms with Crippen LogP contribution in [0.2, 0.25) is 0 Å². The Morgan fingerprint density at radius 3 is 2.68 bits per heavy atom. The van der Waals surface area contributed by atoms with E-state index in [1.165, 1.54) is 0 Å². The van der Waals surface area contributed by atoms with Gasteiger partial charge in [0.05, 0.1) is 39.1 Å².